The number of hydrogen-bond donors (Lipinski definition) is 2. The summed E-state index contributed by atoms with van der Waals surface area (Å²) in [5.41, 5.74) is 0.559. The van der Waals surface area contributed by atoms with Crippen LogP contribution in [0.4, 0.5) is 0 Å². The maximum atomic E-state index is 11.9. The van der Waals surface area contributed by atoms with Crippen molar-refractivity contribution in [2.45, 2.75) is 50.8 Å². The van der Waals surface area contributed by atoms with E-state index in [1.54, 1.807) is 6.92 Å². The summed E-state index contributed by atoms with van der Waals surface area (Å²) < 4.78 is 43.9. The molecule has 1 atom stereocenters. The number of benzene rings is 1. The van der Waals surface area contributed by atoms with Crippen molar-refractivity contribution in [1.29, 1.82) is 0 Å². The smallest absolute Gasteiger partial charge is 0.298 e. The minimum absolute atomic E-state index is 0.0364. The van der Waals surface area contributed by atoms with Crippen molar-refractivity contribution >= 4 is 10.1 Å². The molecular weight excluding hydrogens is 308 g/mol. The maximum absolute atomic E-state index is 11.9. The zero-order valence-corrected chi connectivity index (χ0v) is 14.5. The maximum Gasteiger partial charge on any atom is 0.298 e. The summed E-state index contributed by atoms with van der Waals surface area (Å²) in [6.45, 7) is 5.53. The third-order valence-electron chi connectivity index (χ3n) is 3.74. The summed E-state index contributed by atoms with van der Waals surface area (Å²) in [5.74, 6) is -0.320. The molecule has 1 aromatic rings. The van der Waals surface area contributed by atoms with Crippen molar-refractivity contribution in [1.82, 2.24) is 0 Å². The number of aromatic hydroxyl groups is 1. The normalized spacial score (nSPS) is 13.0. The van der Waals surface area contributed by atoms with E-state index in [1.165, 1.54) is 14.2 Å². The number of phenolic OH excluding ortho intramolecular Hbond substituents is 1. The van der Waals surface area contributed by atoms with Crippen LogP contribution < -0.4 is 9.47 Å². The van der Waals surface area contributed by atoms with Gasteiger partial charge in [-0.2, -0.15) is 8.42 Å². The lowest BCUT2D eigenvalue weighted by Gasteiger charge is -2.23. The molecule has 0 saturated carbocycles. The second-order valence-corrected chi connectivity index (χ2v) is 6.53. The quantitative estimate of drug-likeness (QED) is 0.745. The van der Waals surface area contributed by atoms with Crippen LogP contribution in [-0.4, -0.2) is 32.3 Å². The summed E-state index contributed by atoms with van der Waals surface area (Å²) in [4.78, 5) is -0.369. The second kappa shape index (κ2) is 7.19. The van der Waals surface area contributed by atoms with E-state index in [0.717, 1.165) is 0 Å². The monoisotopic (exact) mass is 332 g/mol. The highest BCUT2D eigenvalue weighted by Crippen LogP contribution is 2.49. The fourth-order valence-electron chi connectivity index (χ4n) is 2.57. The number of methoxy groups -OCH3 is 2. The molecule has 0 fully saturated rings. The summed E-state index contributed by atoms with van der Waals surface area (Å²) >= 11 is 0. The molecule has 0 heterocycles. The van der Waals surface area contributed by atoms with E-state index in [9.17, 15) is 18.1 Å². The van der Waals surface area contributed by atoms with Crippen LogP contribution in [0.3, 0.4) is 0 Å². The Morgan fingerprint density at radius 3 is 2.05 bits per heavy atom. The highest BCUT2D eigenvalue weighted by molar-refractivity contribution is 7.86. The SMILES string of the molecule is CCCc1c(OC)c(O)c(C(C)CC)c(S(=O)(=O)O)c1OC. The van der Waals surface area contributed by atoms with E-state index < -0.39 is 10.1 Å². The van der Waals surface area contributed by atoms with Crippen molar-refractivity contribution in [3.63, 3.8) is 0 Å². The Bertz CT molecular complexity index is 636. The molecule has 6 nitrogen and oxygen atoms in total. The highest BCUT2D eigenvalue weighted by Gasteiger charge is 2.33. The Labute approximate surface area is 131 Å². The van der Waals surface area contributed by atoms with Gasteiger partial charge in [0.05, 0.1) is 14.2 Å². The molecule has 0 aliphatic rings. The molecule has 0 aromatic heterocycles. The molecule has 0 aliphatic heterocycles. The Hall–Kier alpha value is -1.47. The molecule has 1 aromatic carbocycles. The van der Waals surface area contributed by atoms with Gasteiger partial charge in [-0.3, -0.25) is 4.55 Å². The first kappa shape index (κ1) is 18.6. The van der Waals surface area contributed by atoms with E-state index in [-0.39, 0.29) is 33.6 Å². The van der Waals surface area contributed by atoms with Gasteiger partial charge in [0.25, 0.3) is 10.1 Å². The van der Waals surface area contributed by atoms with Gasteiger partial charge in [-0.15, -0.1) is 0 Å². The third-order valence-corrected chi connectivity index (χ3v) is 4.66. The van der Waals surface area contributed by atoms with Gasteiger partial charge in [0.1, 0.15) is 10.6 Å². The van der Waals surface area contributed by atoms with Crippen LogP contribution in [0.5, 0.6) is 17.2 Å². The largest absolute Gasteiger partial charge is 0.504 e. The molecule has 0 aliphatic carbocycles. The third kappa shape index (κ3) is 3.30. The summed E-state index contributed by atoms with van der Waals surface area (Å²) in [6.07, 6.45) is 1.72. The summed E-state index contributed by atoms with van der Waals surface area (Å²) in [7, 11) is -1.82. The Balaban J connectivity index is 4.00. The predicted molar refractivity (Wildman–Crippen MR) is 83.7 cm³/mol. The lowest BCUT2D eigenvalue weighted by atomic mass is 9.93. The number of hydrogen-bond acceptors (Lipinski definition) is 5. The molecule has 0 amide bonds. The van der Waals surface area contributed by atoms with Crippen LogP contribution in [0, 0.1) is 0 Å². The Kier molecular flexibility index (Phi) is 6.08. The van der Waals surface area contributed by atoms with E-state index in [2.05, 4.69) is 0 Å². The lowest BCUT2D eigenvalue weighted by molar-refractivity contribution is 0.343. The fourth-order valence-corrected chi connectivity index (χ4v) is 3.58. The first-order valence-corrected chi connectivity index (χ1v) is 8.65. The van der Waals surface area contributed by atoms with Gasteiger partial charge < -0.3 is 14.6 Å². The first-order chi connectivity index (χ1) is 10.2. The highest BCUT2D eigenvalue weighted by atomic mass is 32.2. The van der Waals surface area contributed by atoms with E-state index in [1.807, 2.05) is 13.8 Å². The molecule has 1 unspecified atom stereocenters. The number of rotatable bonds is 7. The van der Waals surface area contributed by atoms with Crippen molar-refractivity contribution in [3.8, 4) is 17.2 Å². The topological polar surface area (TPSA) is 93.1 Å². The van der Waals surface area contributed by atoms with Gasteiger partial charge in [-0.05, 0) is 18.8 Å². The summed E-state index contributed by atoms with van der Waals surface area (Å²) in [5, 5.41) is 10.5. The van der Waals surface area contributed by atoms with Gasteiger partial charge in [0, 0.05) is 11.1 Å². The molecule has 0 saturated heterocycles. The van der Waals surface area contributed by atoms with Gasteiger partial charge in [0.15, 0.2) is 11.5 Å². The van der Waals surface area contributed by atoms with E-state index in [4.69, 9.17) is 9.47 Å². The number of phenols is 1. The number of ether oxygens (including phenoxy) is 2. The average Bonchev–Trinajstić information content (AvgIpc) is 2.45. The zero-order valence-electron chi connectivity index (χ0n) is 13.6. The molecule has 1 rings (SSSR count). The van der Waals surface area contributed by atoms with Crippen LogP contribution >= 0.6 is 0 Å². The Morgan fingerprint density at radius 1 is 1.14 bits per heavy atom. The van der Waals surface area contributed by atoms with Crippen molar-refractivity contribution in [2.75, 3.05) is 14.2 Å². The molecule has 7 heteroatoms. The molecule has 126 valence electrons. The molecule has 2 N–H and O–H groups in total. The van der Waals surface area contributed by atoms with Crippen molar-refractivity contribution < 1.29 is 27.6 Å². The van der Waals surface area contributed by atoms with Crippen LogP contribution in [0.15, 0.2) is 4.90 Å². The minimum Gasteiger partial charge on any atom is -0.504 e. The molecule has 0 bridgehead atoms. The Morgan fingerprint density at radius 2 is 1.68 bits per heavy atom. The van der Waals surface area contributed by atoms with Crippen LogP contribution in [0.2, 0.25) is 0 Å². The second-order valence-electron chi connectivity index (χ2n) is 5.17. The lowest BCUT2D eigenvalue weighted by Crippen LogP contribution is -2.12. The molecular formula is C15H24O6S. The molecule has 0 radical (unpaired) electrons. The van der Waals surface area contributed by atoms with Crippen LogP contribution in [0.25, 0.3) is 0 Å². The van der Waals surface area contributed by atoms with Crippen LogP contribution in [0.1, 0.15) is 50.7 Å². The van der Waals surface area contributed by atoms with Gasteiger partial charge >= 0.3 is 0 Å². The minimum atomic E-state index is -4.56. The molecule has 22 heavy (non-hydrogen) atoms. The van der Waals surface area contributed by atoms with E-state index >= 15 is 0 Å². The first-order valence-electron chi connectivity index (χ1n) is 7.21. The predicted octanol–water partition coefficient (Wildman–Crippen LogP) is 3.12. The van der Waals surface area contributed by atoms with E-state index in [0.29, 0.717) is 24.8 Å². The van der Waals surface area contributed by atoms with Crippen molar-refractivity contribution in [3.05, 3.63) is 11.1 Å². The van der Waals surface area contributed by atoms with Gasteiger partial charge in [0.2, 0.25) is 0 Å². The van der Waals surface area contributed by atoms with Gasteiger partial charge in [-0.1, -0.05) is 27.2 Å². The average molecular weight is 332 g/mol. The standard InChI is InChI=1S/C15H24O6S/c1-6-8-10-13(20-4)12(16)11(9(3)7-2)15(14(10)21-5)22(17,18)19/h9,16H,6-8H2,1-5H3,(H,17,18,19). The van der Waals surface area contributed by atoms with Crippen LogP contribution in [-0.2, 0) is 16.5 Å². The van der Waals surface area contributed by atoms with Crippen molar-refractivity contribution in [2.24, 2.45) is 0 Å². The fraction of sp³-hybridized carbons (Fsp3) is 0.600. The zero-order chi connectivity index (χ0) is 17.1. The van der Waals surface area contributed by atoms with Gasteiger partial charge in [-0.25, -0.2) is 0 Å². The summed E-state index contributed by atoms with van der Waals surface area (Å²) in [6, 6.07) is 0. The molecule has 0 spiro atoms.